The summed E-state index contributed by atoms with van der Waals surface area (Å²) in [6, 6.07) is 13.5. The van der Waals surface area contributed by atoms with Gasteiger partial charge in [0.25, 0.3) is 5.91 Å². The van der Waals surface area contributed by atoms with Crippen molar-refractivity contribution in [2.24, 2.45) is 0 Å². The minimum absolute atomic E-state index is 0.140. The number of hydrogen-bond donors (Lipinski definition) is 2. The monoisotopic (exact) mass is 361 g/mol. The van der Waals surface area contributed by atoms with Crippen molar-refractivity contribution in [2.45, 2.75) is 32.7 Å². The van der Waals surface area contributed by atoms with Gasteiger partial charge < -0.3 is 10.3 Å². The highest BCUT2D eigenvalue weighted by Crippen LogP contribution is 2.27. The van der Waals surface area contributed by atoms with E-state index in [2.05, 4.69) is 16.4 Å². The maximum Gasteiger partial charge on any atom is 0.251 e. The lowest BCUT2D eigenvalue weighted by Gasteiger charge is -2.18. The summed E-state index contributed by atoms with van der Waals surface area (Å²) in [7, 11) is 0. The summed E-state index contributed by atoms with van der Waals surface area (Å²) in [5, 5.41) is 4.47. The van der Waals surface area contributed by atoms with E-state index >= 15 is 0 Å². The molecule has 0 saturated carbocycles. The van der Waals surface area contributed by atoms with Crippen molar-refractivity contribution in [1.29, 1.82) is 0 Å². The standard InChI is InChI=1S/C22H23N3O2/c1-14-7-8-15(2)20(11-14)25-21(26)12-19(22(25)27)23-10-9-16-13-24-18-6-4-3-5-17(16)18/h3-8,11,13,19,23-24H,9-10,12H2,1-2H3/t19-/m0/s1. The van der Waals surface area contributed by atoms with E-state index in [-0.39, 0.29) is 18.2 Å². The Hall–Kier alpha value is -2.92. The zero-order valence-electron chi connectivity index (χ0n) is 15.6. The van der Waals surface area contributed by atoms with Crippen LogP contribution >= 0.6 is 0 Å². The lowest BCUT2D eigenvalue weighted by molar-refractivity contribution is -0.121. The zero-order chi connectivity index (χ0) is 19.0. The van der Waals surface area contributed by atoms with E-state index in [1.807, 2.05) is 56.4 Å². The summed E-state index contributed by atoms with van der Waals surface area (Å²) in [6.45, 7) is 4.53. The van der Waals surface area contributed by atoms with E-state index < -0.39 is 6.04 Å². The Morgan fingerprint density at radius 3 is 2.81 bits per heavy atom. The first-order valence-electron chi connectivity index (χ1n) is 9.27. The molecule has 0 aliphatic carbocycles. The number of aromatic amines is 1. The van der Waals surface area contributed by atoms with Crippen LogP contribution in [0.2, 0.25) is 0 Å². The number of aryl methyl sites for hydroxylation is 2. The number of hydrogen-bond acceptors (Lipinski definition) is 3. The third-order valence-corrected chi connectivity index (χ3v) is 5.21. The van der Waals surface area contributed by atoms with E-state index in [1.54, 1.807) is 0 Å². The fraction of sp³-hybridized carbons (Fsp3) is 0.273. The lowest BCUT2D eigenvalue weighted by atomic mass is 10.1. The van der Waals surface area contributed by atoms with Crippen LogP contribution < -0.4 is 10.2 Å². The van der Waals surface area contributed by atoms with Crippen molar-refractivity contribution in [3.63, 3.8) is 0 Å². The molecule has 5 heteroatoms. The number of benzene rings is 2. The molecule has 4 rings (SSSR count). The van der Waals surface area contributed by atoms with Crippen molar-refractivity contribution in [3.05, 3.63) is 65.4 Å². The number of anilines is 1. The van der Waals surface area contributed by atoms with Gasteiger partial charge in [-0.2, -0.15) is 0 Å². The molecule has 0 unspecified atom stereocenters. The van der Waals surface area contributed by atoms with Crippen molar-refractivity contribution < 1.29 is 9.59 Å². The zero-order valence-corrected chi connectivity index (χ0v) is 15.6. The summed E-state index contributed by atoms with van der Waals surface area (Å²) in [5.41, 5.74) is 4.99. The number of nitrogens with zero attached hydrogens (tertiary/aromatic N) is 1. The number of aromatic nitrogens is 1. The van der Waals surface area contributed by atoms with Crippen molar-refractivity contribution in [2.75, 3.05) is 11.4 Å². The molecular formula is C22H23N3O2. The van der Waals surface area contributed by atoms with E-state index in [1.165, 1.54) is 15.8 Å². The van der Waals surface area contributed by atoms with Gasteiger partial charge in [-0.15, -0.1) is 0 Å². The van der Waals surface area contributed by atoms with Gasteiger partial charge in [0.15, 0.2) is 0 Å². The van der Waals surface area contributed by atoms with Crippen LogP contribution in [0.25, 0.3) is 10.9 Å². The molecule has 138 valence electrons. The third-order valence-electron chi connectivity index (χ3n) is 5.21. The number of fused-ring (bicyclic) bond motifs is 1. The molecule has 2 amide bonds. The van der Waals surface area contributed by atoms with Gasteiger partial charge in [-0.1, -0.05) is 30.3 Å². The summed E-state index contributed by atoms with van der Waals surface area (Å²) < 4.78 is 0. The number of carbonyl (C=O) groups excluding carboxylic acids is 2. The van der Waals surface area contributed by atoms with Gasteiger partial charge in [0.2, 0.25) is 5.91 Å². The number of para-hydroxylation sites is 1. The van der Waals surface area contributed by atoms with E-state index in [0.717, 1.165) is 23.1 Å². The molecule has 2 aromatic carbocycles. The molecule has 1 aromatic heterocycles. The van der Waals surface area contributed by atoms with Gasteiger partial charge in [0, 0.05) is 23.6 Å². The van der Waals surface area contributed by atoms with Crippen LogP contribution in [0.1, 0.15) is 23.1 Å². The summed E-state index contributed by atoms with van der Waals surface area (Å²) in [6.07, 6.45) is 3.02. The normalized spacial score (nSPS) is 17.3. The van der Waals surface area contributed by atoms with Crippen LogP contribution in [-0.4, -0.2) is 29.4 Å². The summed E-state index contributed by atoms with van der Waals surface area (Å²) in [4.78, 5) is 29.9. The maximum atomic E-state index is 12.8. The highest BCUT2D eigenvalue weighted by Gasteiger charge is 2.39. The number of amides is 2. The van der Waals surface area contributed by atoms with Gasteiger partial charge in [-0.25, -0.2) is 4.90 Å². The first-order valence-corrected chi connectivity index (χ1v) is 9.27. The van der Waals surface area contributed by atoms with Gasteiger partial charge in [-0.3, -0.25) is 9.59 Å². The molecule has 1 aliphatic heterocycles. The summed E-state index contributed by atoms with van der Waals surface area (Å²) >= 11 is 0. The minimum atomic E-state index is -0.456. The molecule has 2 N–H and O–H groups in total. The second kappa shape index (κ2) is 7.00. The largest absolute Gasteiger partial charge is 0.361 e. The van der Waals surface area contributed by atoms with Crippen LogP contribution in [0.15, 0.2) is 48.7 Å². The Bertz CT molecular complexity index is 1020. The molecule has 1 fully saturated rings. The van der Waals surface area contributed by atoms with E-state index in [9.17, 15) is 9.59 Å². The highest BCUT2D eigenvalue weighted by atomic mass is 16.2. The van der Waals surface area contributed by atoms with E-state index in [0.29, 0.717) is 12.2 Å². The Kier molecular flexibility index (Phi) is 4.54. The summed E-state index contributed by atoms with van der Waals surface area (Å²) in [5.74, 6) is -0.300. The molecule has 1 atom stereocenters. The third kappa shape index (κ3) is 3.26. The second-order valence-corrected chi connectivity index (χ2v) is 7.18. The van der Waals surface area contributed by atoms with Gasteiger partial charge >= 0.3 is 0 Å². The fourth-order valence-corrected chi connectivity index (χ4v) is 3.72. The van der Waals surface area contributed by atoms with Crippen molar-refractivity contribution in [3.8, 4) is 0 Å². The number of carbonyl (C=O) groups is 2. The average molecular weight is 361 g/mol. The quantitative estimate of drug-likeness (QED) is 0.686. The molecule has 0 spiro atoms. The molecule has 27 heavy (non-hydrogen) atoms. The topological polar surface area (TPSA) is 65.2 Å². The van der Waals surface area contributed by atoms with Gasteiger partial charge in [0.05, 0.1) is 18.2 Å². The predicted molar refractivity (Wildman–Crippen MR) is 107 cm³/mol. The molecule has 5 nitrogen and oxygen atoms in total. The van der Waals surface area contributed by atoms with Crippen LogP contribution in [0, 0.1) is 13.8 Å². The maximum absolute atomic E-state index is 12.8. The molecular weight excluding hydrogens is 338 g/mol. The van der Waals surface area contributed by atoms with Crippen LogP contribution in [0.5, 0.6) is 0 Å². The molecule has 1 saturated heterocycles. The van der Waals surface area contributed by atoms with Crippen molar-refractivity contribution in [1.82, 2.24) is 10.3 Å². The Morgan fingerprint density at radius 2 is 1.96 bits per heavy atom. The van der Waals surface area contributed by atoms with Crippen molar-refractivity contribution >= 4 is 28.4 Å². The Balaban J connectivity index is 1.44. The Labute approximate surface area is 158 Å². The number of imide groups is 1. The number of H-pyrrole nitrogens is 1. The minimum Gasteiger partial charge on any atom is -0.361 e. The SMILES string of the molecule is Cc1ccc(C)c(N2C(=O)C[C@H](NCCc3c[nH]c4ccccc34)C2=O)c1. The molecule has 3 aromatic rings. The van der Waals surface area contributed by atoms with Gasteiger partial charge in [-0.05, 0) is 49.1 Å². The lowest BCUT2D eigenvalue weighted by Crippen LogP contribution is -2.39. The molecule has 1 aliphatic rings. The Morgan fingerprint density at radius 1 is 1.15 bits per heavy atom. The predicted octanol–water partition coefficient (Wildman–Crippen LogP) is 3.25. The molecule has 0 bridgehead atoms. The highest BCUT2D eigenvalue weighted by molar-refractivity contribution is 6.22. The van der Waals surface area contributed by atoms with Gasteiger partial charge in [0.1, 0.15) is 0 Å². The smallest absolute Gasteiger partial charge is 0.251 e. The van der Waals surface area contributed by atoms with Crippen LogP contribution in [-0.2, 0) is 16.0 Å². The fourth-order valence-electron chi connectivity index (χ4n) is 3.72. The first kappa shape index (κ1) is 17.5. The average Bonchev–Trinajstić information content (AvgIpc) is 3.19. The van der Waals surface area contributed by atoms with Crippen LogP contribution in [0.3, 0.4) is 0 Å². The molecule has 0 radical (unpaired) electrons. The number of nitrogens with one attached hydrogen (secondary N) is 2. The van der Waals surface area contributed by atoms with Crippen LogP contribution in [0.4, 0.5) is 5.69 Å². The molecule has 2 heterocycles. The van der Waals surface area contributed by atoms with E-state index in [4.69, 9.17) is 0 Å². The first-order chi connectivity index (χ1) is 13.0. The second-order valence-electron chi connectivity index (χ2n) is 7.18. The number of rotatable bonds is 5.